The third kappa shape index (κ3) is 3.85. The van der Waals surface area contributed by atoms with Gasteiger partial charge < -0.3 is 5.32 Å². The number of amides is 1. The molecule has 1 amide bonds. The van der Waals surface area contributed by atoms with Crippen LogP contribution in [0.4, 0.5) is 11.4 Å². The Hall–Kier alpha value is -2.45. The number of carbonyl (C=O) groups is 1. The number of nitrogens with one attached hydrogen (secondary N) is 1. The molecule has 0 fully saturated rings. The van der Waals surface area contributed by atoms with Crippen molar-refractivity contribution in [2.24, 2.45) is 0 Å². The van der Waals surface area contributed by atoms with Crippen molar-refractivity contribution in [3.8, 4) is 0 Å². The molecule has 2 rings (SSSR count). The van der Waals surface area contributed by atoms with Crippen LogP contribution in [0.25, 0.3) is 0 Å². The number of nitro groups is 1. The first-order valence-electron chi connectivity index (χ1n) is 6.30. The van der Waals surface area contributed by atoms with Crippen molar-refractivity contribution in [3.05, 3.63) is 58.6 Å². The van der Waals surface area contributed by atoms with Crippen LogP contribution in [0.3, 0.4) is 0 Å². The smallest absolute Gasteiger partial charge is 0.269 e. The maximum atomic E-state index is 12.4. The Morgan fingerprint density at radius 2 is 1.52 bits per heavy atom. The second-order valence-electron chi connectivity index (χ2n) is 4.46. The van der Waals surface area contributed by atoms with Crippen LogP contribution in [0.5, 0.6) is 0 Å². The standard InChI is InChI=1S/C14H11ClN2O5S/c15-9-14(18)16-10-1-5-12(6-2-10)23(21,22)13-7-3-11(4-8-13)17(19)20/h1-8H,9H2,(H,16,18). The van der Waals surface area contributed by atoms with Gasteiger partial charge in [0.2, 0.25) is 15.7 Å². The molecule has 0 bridgehead atoms. The molecule has 120 valence electrons. The van der Waals surface area contributed by atoms with E-state index in [-0.39, 0.29) is 21.4 Å². The molecule has 0 unspecified atom stereocenters. The molecule has 0 aliphatic carbocycles. The number of benzene rings is 2. The number of hydrogen-bond acceptors (Lipinski definition) is 5. The average Bonchev–Trinajstić information content (AvgIpc) is 2.55. The first-order valence-corrected chi connectivity index (χ1v) is 8.32. The molecule has 2 aromatic rings. The molecular weight excluding hydrogens is 344 g/mol. The molecule has 0 saturated heterocycles. The molecule has 0 radical (unpaired) electrons. The van der Waals surface area contributed by atoms with E-state index in [4.69, 9.17) is 11.6 Å². The number of hydrogen-bond donors (Lipinski definition) is 1. The molecule has 0 atom stereocenters. The topological polar surface area (TPSA) is 106 Å². The fraction of sp³-hybridized carbons (Fsp3) is 0.0714. The number of nitro benzene ring substituents is 1. The maximum Gasteiger partial charge on any atom is 0.269 e. The van der Waals surface area contributed by atoms with Gasteiger partial charge in [-0.1, -0.05) is 0 Å². The number of halogens is 1. The minimum Gasteiger partial charge on any atom is -0.325 e. The molecule has 0 aromatic heterocycles. The highest BCUT2D eigenvalue weighted by atomic mass is 35.5. The van der Waals surface area contributed by atoms with Crippen LogP contribution in [0.1, 0.15) is 0 Å². The third-order valence-electron chi connectivity index (χ3n) is 2.93. The molecule has 7 nitrogen and oxygen atoms in total. The van der Waals surface area contributed by atoms with E-state index in [2.05, 4.69) is 5.32 Å². The van der Waals surface area contributed by atoms with E-state index < -0.39 is 20.7 Å². The first-order chi connectivity index (χ1) is 10.8. The van der Waals surface area contributed by atoms with Gasteiger partial charge in [-0.3, -0.25) is 14.9 Å². The molecule has 1 N–H and O–H groups in total. The minimum absolute atomic E-state index is 0.00947. The van der Waals surface area contributed by atoms with Crippen molar-refractivity contribution in [1.29, 1.82) is 0 Å². The largest absolute Gasteiger partial charge is 0.325 e. The number of nitrogens with zero attached hydrogens (tertiary/aromatic N) is 1. The fourth-order valence-corrected chi connectivity index (χ4v) is 3.12. The molecule has 0 aliphatic rings. The summed E-state index contributed by atoms with van der Waals surface area (Å²) < 4.78 is 24.9. The SMILES string of the molecule is O=C(CCl)Nc1ccc(S(=O)(=O)c2ccc([N+](=O)[O-])cc2)cc1. The Morgan fingerprint density at radius 3 is 1.96 bits per heavy atom. The van der Waals surface area contributed by atoms with Crippen LogP contribution in [-0.4, -0.2) is 25.1 Å². The van der Waals surface area contributed by atoms with Crippen LogP contribution in [-0.2, 0) is 14.6 Å². The summed E-state index contributed by atoms with van der Waals surface area (Å²) in [5.41, 5.74) is 0.224. The van der Waals surface area contributed by atoms with E-state index in [1.807, 2.05) is 0 Å². The van der Waals surface area contributed by atoms with E-state index >= 15 is 0 Å². The lowest BCUT2D eigenvalue weighted by molar-refractivity contribution is -0.384. The Balaban J connectivity index is 2.28. The van der Waals surface area contributed by atoms with Gasteiger partial charge in [-0.2, -0.15) is 0 Å². The van der Waals surface area contributed by atoms with Gasteiger partial charge in [-0.05, 0) is 36.4 Å². The first kappa shape index (κ1) is 16.9. The van der Waals surface area contributed by atoms with E-state index in [0.717, 1.165) is 12.1 Å². The van der Waals surface area contributed by atoms with Crippen molar-refractivity contribution in [1.82, 2.24) is 0 Å². The summed E-state index contributed by atoms with van der Waals surface area (Å²) in [6.45, 7) is 0. The summed E-state index contributed by atoms with van der Waals surface area (Å²) >= 11 is 5.36. The molecule has 9 heteroatoms. The van der Waals surface area contributed by atoms with Gasteiger partial charge >= 0.3 is 0 Å². The second-order valence-corrected chi connectivity index (χ2v) is 6.68. The molecular formula is C14H11ClN2O5S. The van der Waals surface area contributed by atoms with Crippen LogP contribution < -0.4 is 5.32 Å². The van der Waals surface area contributed by atoms with Gasteiger partial charge in [-0.25, -0.2) is 8.42 Å². The Kier molecular flexibility index (Phi) is 4.97. The Bertz CT molecular complexity index is 832. The van der Waals surface area contributed by atoms with Crippen LogP contribution in [0.15, 0.2) is 58.3 Å². The number of sulfone groups is 1. The van der Waals surface area contributed by atoms with E-state index in [0.29, 0.717) is 5.69 Å². The summed E-state index contributed by atoms with van der Waals surface area (Å²) in [7, 11) is -3.79. The highest BCUT2D eigenvalue weighted by molar-refractivity contribution is 7.91. The summed E-state index contributed by atoms with van der Waals surface area (Å²) in [5, 5.41) is 13.1. The van der Waals surface area contributed by atoms with Crippen molar-refractivity contribution in [3.63, 3.8) is 0 Å². The molecule has 0 aliphatic heterocycles. The number of alkyl halides is 1. The van der Waals surface area contributed by atoms with Crippen molar-refractivity contribution < 1.29 is 18.1 Å². The molecule has 0 heterocycles. The third-order valence-corrected chi connectivity index (χ3v) is 4.96. The molecule has 2 aromatic carbocycles. The summed E-state index contributed by atoms with van der Waals surface area (Å²) in [6, 6.07) is 10.1. The zero-order valence-electron chi connectivity index (χ0n) is 11.6. The van der Waals surface area contributed by atoms with Crippen LogP contribution >= 0.6 is 11.6 Å². The maximum absolute atomic E-state index is 12.4. The van der Waals surface area contributed by atoms with Crippen molar-refractivity contribution in [2.45, 2.75) is 9.79 Å². The van der Waals surface area contributed by atoms with Crippen LogP contribution in [0.2, 0.25) is 0 Å². The average molecular weight is 355 g/mol. The molecule has 0 spiro atoms. The zero-order valence-corrected chi connectivity index (χ0v) is 13.2. The lowest BCUT2D eigenvalue weighted by atomic mass is 10.3. The van der Waals surface area contributed by atoms with Crippen LogP contribution in [0, 0.1) is 10.1 Å². The van der Waals surface area contributed by atoms with Gasteiger partial charge in [0.05, 0.1) is 14.7 Å². The monoisotopic (exact) mass is 354 g/mol. The van der Waals surface area contributed by atoms with Crippen molar-refractivity contribution >= 4 is 38.7 Å². The molecule has 0 saturated carbocycles. The summed E-state index contributed by atoms with van der Waals surface area (Å²) in [4.78, 5) is 21.1. The van der Waals surface area contributed by atoms with E-state index in [1.165, 1.54) is 36.4 Å². The van der Waals surface area contributed by atoms with E-state index in [1.54, 1.807) is 0 Å². The number of anilines is 1. The lowest BCUT2D eigenvalue weighted by Crippen LogP contribution is -2.12. The normalized spacial score (nSPS) is 11.0. The predicted octanol–water partition coefficient (Wildman–Crippen LogP) is 2.60. The summed E-state index contributed by atoms with van der Waals surface area (Å²) in [6.07, 6.45) is 0. The van der Waals surface area contributed by atoms with Gasteiger partial charge in [0.15, 0.2) is 0 Å². The lowest BCUT2D eigenvalue weighted by Gasteiger charge is -2.07. The second kappa shape index (κ2) is 6.76. The highest BCUT2D eigenvalue weighted by Crippen LogP contribution is 2.24. The van der Waals surface area contributed by atoms with Gasteiger partial charge in [-0.15, -0.1) is 11.6 Å². The number of rotatable bonds is 5. The molecule has 23 heavy (non-hydrogen) atoms. The number of non-ortho nitro benzene ring substituents is 1. The summed E-state index contributed by atoms with van der Waals surface area (Å²) in [5.74, 6) is -0.610. The predicted molar refractivity (Wildman–Crippen MR) is 84.3 cm³/mol. The quantitative estimate of drug-likeness (QED) is 0.504. The fourth-order valence-electron chi connectivity index (χ4n) is 1.79. The highest BCUT2D eigenvalue weighted by Gasteiger charge is 2.18. The number of carbonyl (C=O) groups excluding carboxylic acids is 1. The zero-order chi connectivity index (χ0) is 17.0. The minimum atomic E-state index is -3.79. The Labute approximate surface area is 137 Å². The van der Waals surface area contributed by atoms with Crippen molar-refractivity contribution in [2.75, 3.05) is 11.2 Å². The van der Waals surface area contributed by atoms with Gasteiger partial charge in [0.25, 0.3) is 5.69 Å². The van der Waals surface area contributed by atoms with Gasteiger partial charge in [0, 0.05) is 17.8 Å². The Morgan fingerprint density at radius 1 is 1.04 bits per heavy atom. The van der Waals surface area contributed by atoms with Gasteiger partial charge in [0.1, 0.15) is 5.88 Å². The van der Waals surface area contributed by atoms with E-state index in [9.17, 15) is 23.3 Å².